The summed E-state index contributed by atoms with van der Waals surface area (Å²) in [7, 11) is 2.62. The molecule has 1 unspecified atom stereocenters. The van der Waals surface area contributed by atoms with Gasteiger partial charge < -0.3 is 14.2 Å². The van der Waals surface area contributed by atoms with Crippen molar-refractivity contribution in [2.45, 2.75) is 32.6 Å². The summed E-state index contributed by atoms with van der Waals surface area (Å²) in [5, 5.41) is 0. The minimum absolute atomic E-state index is 0.0141. The Labute approximate surface area is 107 Å². The van der Waals surface area contributed by atoms with Gasteiger partial charge in [-0.25, -0.2) is 0 Å². The van der Waals surface area contributed by atoms with Gasteiger partial charge in [-0.05, 0) is 12.8 Å². The second kappa shape index (κ2) is 9.44. The molecule has 0 heterocycles. The SMILES string of the molecule is COC(=O)CCCCC(COC(C)=O)C(=O)OC. The van der Waals surface area contributed by atoms with Crippen molar-refractivity contribution < 1.29 is 28.6 Å². The maximum absolute atomic E-state index is 11.4. The van der Waals surface area contributed by atoms with Crippen molar-refractivity contribution in [2.24, 2.45) is 5.92 Å². The van der Waals surface area contributed by atoms with Gasteiger partial charge >= 0.3 is 17.9 Å². The van der Waals surface area contributed by atoms with E-state index in [-0.39, 0.29) is 12.6 Å². The van der Waals surface area contributed by atoms with Crippen molar-refractivity contribution in [3.05, 3.63) is 0 Å². The minimum atomic E-state index is -0.475. The first-order valence-electron chi connectivity index (χ1n) is 5.79. The number of hydrogen-bond donors (Lipinski definition) is 0. The Morgan fingerprint density at radius 2 is 1.72 bits per heavy atom. The molecule has 0 aliphatic carbocycles. The summed E-state index contributed by atoms with van der Waals surface area (Å²) in [6, 6.07) is 0. The highest BCUT2D eigenvalue weighted by atomic mass is 16.5. The molecule has 18 heavy (non-hydrogen) atoms. The first-order chi connectivity index (χ1) is 8.51. The Morgan fingerprint density at radius 1 is 1.06 bits per heavy atom. The van der Waals surface area contributed by atoms with E-state index in [0.29, 0.717) is 25.7 Å². The van der Waals surface area contributed by atoms with Gasteiger partial charge in [0.05, 0.1) is 20.1 Å². The van der Waals surface area contributed by atoms with Crippen LogP contribution in [0, 0.1) is 5.92 Å². The predicted octanol–water partition coefficient (Wildman–Crippen LogP) is 1.07. The number of methoxy groups -OCH3 is 2. The normalized spacial score (nSPS) is 11.5. The van der Waals surface area contributed by atoms with Crippen LogP contribution in [-0.4, -0.2) is 38.7 Å². The number of carbonyl (C=O) groups is 3. The predicted molar refractivity (Wildman–Crippen MR) is 62.6 cm³/mol. The maximum atomic E-state index is 11.4. The van der Waals surface area contributed by atoms with Gasteiger partial charge in [-0.15, -0.1) is 0 Å². The van der Waals surface area contributed by atoms with E-state index in [1.807, 2.05) is 0 Å². The van der Waals surface area contributed by atoms with Gasteiger partial charge in [0.25, 0.3) is 0 Å². The third kappa shape index (κ3) is 7.65. The van der Waals surface area contributed by atoms with Gasteiger partial charge in [-0.2, -0.15) is 0 Å². The van der Waals surface area contributed by atoms with E-state index in [2.05, 4.69) is 9.47 Å². The maximum Gasteiger partial charge on any atom is 0.312 e. The standard InChI is InChI=1S/C12H20O6/c1-9(13)18-8-10(12(15)17-3)6-4-5-7-11(14)16-2/h10H,4-8H2,1-3H3. The molecule has 0 aromatic heterocycles. The highest BCUT2D eigenvalue weighted by Gasteiger charge is 2.20. The molecule has 0 rings (SSSR count). The second-order valence-electron chi connectivity index (χ2n) is 3.84. The van der Waals surface area contributed by atoms with Crippen LogP contribution in [0.1, 0.15) is 32.6 Å². The lowest BCUT2D eigenvalue weighted by Crippen LogP contribution is -2.23. The van der Waals surface area contributed by atoms with Crippen molar-refractivity contribution in [3.63, 3.8) is 0 Å². The number of ether oxygens (including phenoxy) is 3. The van der Waals surface area contributed by atoms with Crippen molar-refractivity contribution in [3.8, 4) is 0 Å². The van der Waals surface area contributed by atoms with Crippen LogP contribution in [-0.2, 0) is 28.6 Å². The van der Waals surface area contributed by atoms with Crippen LogP contribution in [0.4, 0.5) is 0 Å². The molecule has 0 fully saturated rings. The molecule has 104 valence electrons. The van der Waals surface area contributed by atoms with Crippen LogP contribution in [0.2, 0.25) is 0 Å². The second-order valence-corrected chi connectivity index (χ2v) is 3.84. The zero-order chi connectivity index (χ0) is 14.0. The fourth-order valence-corrected chi connectivity index (χ4v) is 1.42. The Hall–Kier alpha value is -1.59. The van der Waals surface area contributed by atoms with Gasteiger partial charge in [0.15, 0.2) is 0 Å². The van der Waals surface area contributed by atoms with Crippen LogP contribution in [0.5, 0.6) is 0 Å². The lowest BCUT2D eigenvalue weighted by atomic mass is 10.0. The molecule has 0 spiro atoms. The average molecular weight is 260 g/mol. The molecule has 6 heteroatoms. The van der Waals surface area contributed by atoms with Crippen LogP contribution in [0.25, 0.3) is 0 Å². The largest absolute Gasteiger partial charge is 0.469 e. The molecule has 0 N–H and O–H groups in total. The van der Waals surface area contributed by atoms with E-state index in [0.717, 1.165) is 0 Å². The molecular weight excluding hydrogens is 240 g/mol. The molecule has 0 aromatic rings. The number of hydrogen-bond acceptors (Lipinski definition) is 6. The lowest BCUT2D eigenvalue weighted by molar-refractivity contribution is -0.152. The average Bonchev–Trinajstić information content (AvgIpc) is 2.36. The summed E-state index contributed by atoms with van der Waals surface area (Å²) < 4.78 is 13.9. The highest BCUT2D eigenvalue weighted by molar-refractivity contribution is 5.73. The Kier molecular flexibility index (Phi) is 8.61. The van der Waals surface area contributed by atoms with Gasteiger partial charge in [-0.3, -0.25) is 14.4 Å². The third-order valence-corrected chi connectivity index (χ3v) is 2.43. The third-order valence-electron chi connectivity index (χ3n) is 2.43. The van der Waals surface area contributed by atoms with Crippen LogP contribution < -0.4 is 0 Å². The summed E-state index contributed by atoms with van der Waals surface area (Å²) in [4.78, 5) is 33.0. The van der Waals surface area contributed by atoms with Crippen molar-refractivity contribution in [2.75, 3.05) is 20.8 Å². The van der Waals surface area contributed by atoms with E-state index in [4.69, 9.17) is 4.74 Å². The van der Waals surface area contributed by atoms with Crippen LogP contribution >= 0.6 is 0 Å². The molecule has 0 saturated carbocycles. The van der Waals surface area contributed by atoms with Crippen LogP contribution in [0.3, 0.4) is 0 Å². The monoisotopic (exact) mass is 260 g/mol. The van der Waals surface area contributed by atoms with Gasteiger partial charge in [-0.1, -0.05) is 6.42 Å². The Balaban J connectivity index is 3.97. The Morgan fingerprint density at radius 3 is 2.22 bits per heavy atom. The van der Waals surface area contributed by atoms with Crippen LogP contribution in [0.15, 0.2) is 0 Å². The molecule has 1 atom stereocenters. The molecule has 0 aliphatic heterocycles. The summed E-state index contributed by atoms with van der Waals surface area (Å²) in [5.74, 6) is -1.59. The number of unbranched alkanes of at least 4 members (excludes halogenated alkanes) is 1. The van der Waals surface area contributed by atoms with Crippen molar-refractivity contribution >= 4 is 17.9 Å². The molecular formula is C12H20O6. The van der Waals surface area contributed by atoms with Crippen molar-refractivity contribution in [1.82, 2.24) is 0 Å². The summed E-state index contributed by atoms with van der Waals surface area (Å²) >= 11 is 0. The topological polar surface area (TPSA) is 78.9 Å². The molecule has 0 aliphatic rings. The molecule has 0 bridgehead atoms. The molecule has 0 aromatic carbocycles. The number of carbonyl (C=O) groups excluding carboxylic acids is 3. The Bertz CT molecular complexity index is 286. The van der Waals surface area contributed by atoms with E-state index >= 15 is 0 Å². The smallest absolute Gasteiger partial charge is 0.312 e. The van der Waals surface area contributed by atoms with E-state index in [1.165, 1.54) is 21.1 Å². The zero-order valence-electron chi connectivity index (χ0n) is 11.1. The highest BCUT2D eigenvalue weighted by Crippen LogP contribution is 2.13. The summed E-state index contributed by atoms with van der Waals surface area (Å²) in [5.41, 5.74) is 0. The van der Waals surface area contributed by atoms with Gasteiger partial charge in [0.1, 0.15) is 6.61 Å². The molecule has 6 nitrogen and oxygen atoms in total. The van der Waals surface area contributed by atoms with Gasteiger partial charge in [0.2, 0.25) is 0 Å². The van der Waals surface area contributed by atoms with E-state index < -0.39 is 17.9 Å². The van der Waals surface area contributed by atoms with Gasteiger partial charge in [0, 0.05) is 13.3 Å². The number of esters is 3. The lowest BCUT2D eigenvalue weighted by Gasteiger charge is -2.13. The number of rotatable bonds is 8. The summed E-state index contributed by atoms with van der Waals surface area (Å²) in [6.07, 6.45) is 2.12. The fraction of sp³-hybridized carbons (Fsp3) is 0.750. The first kappa shape index (κ1) is 16.4. The van der Waals surface area contributed by atoms with Crippen molar-refractivity contribution in [1.29, 1.82) is 0 Å². The first-order valence-corrected chi connectivity index (χ1v) is 5.79. The summed E-state index contributed by atoms with van der Waals surface area (Å²) in [6.45, 7) is 1.30. The quantitative estimate of drug-likeness (QED) is 0.369. The molecule has 0 amide bonds. The molecule has 0 saturated heterocycles. The van der Waals surface area contributed by atoms with E-state index in [9.17, 15) is 14.4 Å². The minimum Gasteiger partial charge on any atom is -0.469 e. The molecule has 0 radical (unpaired) electrons. The fourth-order valence-electron chi connectivity index (χ4n) is 1.42. The van der Waals surface area contributed by atoms with E-state index in [1.54, 1.807) is 0 Å². The zero-order valence-corrected chi connectivity index (χ0v) is 11.1.